The molecule has 2 heterocycles. The van der Waals surface area contributed by atoms with Gasteiger partial charge in [0.05, 0.1) is 41.2 Å². The maximum atomic E-state index is 10.9. The van der Waals surface area contributed by atoms with Gasteiger partial charge >= 0.3 is 0 Å². The Morgan fingerprint density at radius 3 is 2.24 bits per heavy atom. The van der Waals surface area contributed by atoms with Crippen molar-refractivity contribution in [3.63, 3.8) is 0 Å². The van der Waals surface area contributed by atoms with Crippen LogP contribution in [0.25, 0.3) is 38.8 Å². The molecule has 0 aliphatic rings. The highest BCUT2D eigenvalue weighted by Gasteiger charge is 2.22. The van der Waals surface area contributed by atoms with Crippen molar-refractivity contribution in [3.05, 3.63) is 69.2 Å². The Kier molecular flexibility index (Phi) is 5.50. The maximum absolute atomic E-state index is 10.9. The van der Waals surface area contributed by atoms with E-state index in [1.54, 1.807) is 20.3 Å². The van der Waals surface area contributed by atoms with E-state index < -0.39 is 0 Å². The second-order valence-corrected chi connectivity index (χ2v) is 9.30. The van der Waals surface area contributed by atoms with E-state index in [-0.39, 0.29) is 5.75 Å². The summed E-state index contributed by atoms with van der Waals surface area (Å²) in [5.41, 5.74) is 3.60. The number of rotatable bonds is 4. The minimum atomic E-state index is 0.101. The molecule has 0 aliphatic carbocycles. The van der Waals surface area contributed by atoms with Gasteiger partial charge < -0.3 is 14.6 Å². The number of hydrogen-bond donors (Lipinski definition) is 1. The summed E-state index contributed by atoms with van der Waals surface area (Å²) in [5, 5.41) is 18.4. The van der Waals surface area contributed by atoms with Crippen molar-refractivity contribution in [1.29, 1.82) is 0 Å². The average molecular weight is 569 g/mol. The molecular formula is C25H19Br2N3O3. The number of hydrogen-bond acceptors (Lipinski definition) is 5. The Morgan fingerprint density at radius 2 is 1.58 bits per heavy atom. The average Bonchev–Trinajstić information content (AvgIpc) is 3.16. The molecule has 0 saturated heterocycles. The monoisotopic (exact) mass is 567 g/mol. The van der Waals surface area contributed by atoms with E-state index in [9.17, 15) is 5.11 Å². The Morgan fingerprint density at radius 1 is 0.909 bits per heavy atom. The molecule has 0 amide bonds. The molecule has 5 rings (SSSR count). The molecule has 0 saturated carbocycles. The molecule has 0 aliphatic heterocycles. The molecule has 5 aromatic rings. The summed E-state index contributed by atoms with van der Waals surface area (Å²) in [7, 11) is 3.21. The van der Waals surface area contributed by atoms with Gasteiger partial charge in [0.25, 0.3) is 0 Å². The molecule has 0 atom stereocenters. The molecule has 33 heavy (non-hydrogen) atoms. The van der Waals surface area contributed by atoms with E-state index in [0.717, 1.165) is 32.0 Å². The van der Waals surface area contributed by atoms with Gasteiger partial charge in [-0.1, -0.05) is 34.1 Å². The number of aromatic nitrogens is 3. The second-order valence-electron chi connectivity index (χ2n) is 7.53. The lowest BCUT2D eigenvalue weighted by Crippen LogP contribution is -1.99. The Balaban J connectivity index is 1.99. The van der Waals surface area contributed by atoms with Crippen LogP contribution in [0.1, 0.15) is 5.69 Å². The molecule has 0 spiro atoms. The number of ether oxygens (including phenoxy) is 2. The fourth-order valence-electron chi connectivity index (χ4n) is 4.08. The number of aromatic hydroxyl groups is 1. The van der Waals surface area contributed by atoms with Gasteiger partial charge in [0, 0.05) is 20.8 Å². The van der Waals surface area contributed by atoms with E-state index >= 15 is 0 Å². The lowest BCUT2D eigenvalue weighted by atomic mass is 9.99. The Hall–Kier alpha value is -3.10. The van der Waals surface area contributed by atoms with Crippen molar-refractivity contribution in [2.24, 2.45) is 0 Å². The van der Waals surface area contributed by atoms with Gasteiger partial charge in [-0.15, -0.1) is 0 Å². The Bertz CT molecular complexity index is 1530. The third kappa shape index (κ3) is 3.54. The molecule has 3 aromatic carbocycles. The number of benzene rings is 3. The molecular weight excluding hydrogens is 550 g/mol. The second kappa shape index (κ2) is 8.35. The van der Waals surface area contributed by atoms with Crippen molar-refractivity contribution in [2.75, 3.05) is 14.2 Å². The number of pyridine rings is 1. The van der Waals surface area contributed by atoms with E-state index in [1.807, 2.05) is 60.1 Å². The fourth-order valence-corrected chi connectivity index (χ4v) is 5.31. The predicted octanol–water partition coefficient (Wildman–Crippen LogP) is 6.80. The van der Waals surface area contributed by atoms with Crippen molar-refractivity contribution < 1.29 is 14.6 Å². The molecule has 0 unspecified atom stereocenters. The van der Waals surface area contributed by atoms with Crippen LogP contribution >= 0.6 is 31.9 Å². The summed E-state index contributed by atoms with van der Waals surface area (Å²) in [6.45, 7) is 1.96. The summed E-state index contributed by atoms with van der Waals surface area (Å²) in [6, 6.07) is 17.3. The smallest absolute Gasteiger partial charge is 0.164 e. The van der Waals surface area contributed by atoms with Gasteiger partial charge in [0.1, 0.15) is 5.75 Å². The number of para-hydroxylation sites is 1. The first-order valence-corrected chi connectivity index (χ1v) is 11.7. The lowest BCUT2D eigenvalue weighted by molar-refractivity contribution is 0.356. The summed E-state index contributed by atoms with van der Waals surface area (Å²) >= 11 is 6.98. The zero-order valence-electron chi connectivity index (χ0n) is 18.1. The molecule has 1 N–H and O–H groups in total. The van der Waals surface area contributed by atoms with Crippen molar-refractivity contribution >= 4 is 53.7 Å². The summed E-state index contributed by atoms with van der Waals surface area (Å²) in [5.74, 6) is 1.28. The van der Waals surface area contributed by atoms with E-state index in [0.29, 0.717) is 32.9 Å². The van der Waals surface area contributed by atoms with Gasteiger partial charge in [-0.3, -0.25) is 0 Å². The van der Waals surface area contributed by atoms with Crippen molar-refractivity contribution in [2.45, 2.75) is 6.92 Å². The van der Waals surface area contributed by atoms with E-state index in [4.69, 9.17) is 19.6 Å². The van der Waals surface area contributed by atoms with Crippen LogP contribution in [0.4, 0.5) is 0 Å². The quantitative estimate of drug-likeness (QED) is 0.258. The molecule has 8 heteroatoms. The number of aryl methyl sites for hydroxylation is 1. The third-order valence-corrected chi connectivity index (χ3v) is 6.65. The first-order valence-electron chi connectivity index (χ1n) is 10.1. The first-order chi connectivity index (χ1) is 15.9. The lowest BCUT2D eigenvalue weighted by Gasteiger charge is -2.15. The van der Waals surface area contributed by atoms with Gasteiger partial charge in [-0.25, -0.2) is 9.67 Å². The van der Waals surface area contributed by atoms with Crippen LogP contribution in [0.15, 0.2) is 63.5 Å². The fraction of sp³-hybridized carbons (Fsp3) is 0.120. The van der Waals surface area contributed by atoms with Gasteiger partial charge in [0.2, 0.25) is 0 Å². The number of phenolic OH excluding ortho intramolecular Hbond substituents is 1. The maximum Gasteiger partial charge on any atom is 0.164 e. The SMILES string of the molecule is COc1cc2c(-c3cc(Br)cc(Br)c3O)nc3c(c(C)nn3-c3ccccc3)c2cc1OC. The first kappa shape index (κ1) is 21.7. The van der Waals surface area contributed by atoms with Gasteiger partial charge in [-0.05, 0) is 59.3 Å². The number of fused-ring (bicyclic) bond motifs is 3. The topological polar surface area (TPSA) is 69.4 Å². The highest BCUT2D eigenvalue weighted by atomic mass is 79.9. The zero-order chi connectivity index (χ0) is 23.3. The standard InChI is InChI=1S/C25H19Br2N3O3/c1-13-22-16-11-20(32-2)21(33-3)12-17(16)23(18-9-14(26)10-19(27)24(18)31)28-25(22)30(29-13)15-7-5-4-6-8-15/h4-12,31H,1-3H3. The van der Waals surface area contributed by atoms with Crippen LogP contribution in [0.5, 0.6) is 17.2 Å². The summed E-state index contributed by atoms with van der Waals surface area (Å²) in [6.07, 6.45) is 0. The number of nitrogens with zero attached hydrogens (tertiary/aromatic N) is 3. The van der Waals surface area contributed by atoms with Crippen molar-refractivity contribution in [3.8, 4) is 34.2 Å². The zero-order valence-corrected chi connectivity index (χ0v) is 21.2. The Labute approximate surface area is 207 Å². The molecule has 6 nitrogen and oxygen atoms in total. The van der Waals surface area contributed by atoms with Crippen LogP contribution < -0.4 is 9.47 Å². The molecule has 0 radical (unpaired) electrons. The largest absolute Gasteiger partial charge is 0.506 e. The molecule has 166 valence electrons. The van der Waals surface area contributed by atoms with E-state index in [2.05, 4.69) is 31.9 Å². The number of halogens is 2. The highest BCUT2D eigenvalue weighted by molar-refractivity contribution is 9.11. The number of methoxy groups -OCH3 is 2. The van der Waals surface area contributed by atoms with Gasteiger partial charge in [-0.2, -0.15) is 5.10 Å². The van der Waals surface area contributed by atoms with Crippen LogP contribution in [0.3, 0.4) is 0 Å². The highest BCUT2D eigenvalue weighted by Crippen LogP contribution is 2.45. The third-order valence-electron chi connectivity index (χ3n) is 5.59. The minimum absolute atomic E-state index is 0.101. The van der Waals surface area contributed by atoms with Crippen LogP contribution in [-0.4, -0.2) is 34.1 Å². The summed E-state index contributed by atoms with van der Waals surface area (Å²) < 4.78 is 14.4. The van der Waals surface area contributed by atoms with Crippen LogP contribution in [0.2, 0.25) is 0 Å². The predicted molar refractivity (Wildman–Crippen MR) is 137 cm³/mol. The normalized spacial score (nSPS) is 11.3. The molecule has 2 aromatic heterocycles. The summed E-state index contributed by atoms with van der Waals surface area (Å²) in [4.78, 5) is 5.05. The van der Waals surface area contributed by atoms with Crippen LogP contribution in [-0.2, 0) is 0 Å². The van der Waals surface area contributed by atoms with Crippen LogP contribution in [0, 0.1) is 6.92 Å². The van der Waals surface area contributed by atoms with Crippen molar-refractivity contribution in [1.82, 2.24) is 14.8 Å². The minimum Gasteiger partial charge on any atom is -0.506 e. The van der Waals surface area contributed by atoms with E-state index in [1.165, 1.54) is 0 Å². The molecule has 0 fully saturated rings. The van der Waals surface area contributed by atoms with Gasteiger partial charge in [0.15, 0.2) is 17.1 Å². The molecule has 0 bridgehead atoms. The number of phenols is 1.